The maximum absolute atomic E-state index is 13.0. The first-order valence-corrected chi connectivity index (χ1v) is 12.1. The first kappa shape index (κ1) is 27.9. The highest BCUT2D eigenvalue weighted by molar-refractivity contribution is 14.1. The van der Waals surface area contributed by atoms with Crippen LogP contribution < -0.4 is 0 Å². The number of nitriles is 1. The van der Waals surface area contributed by atoms with E-state index in [1.807, 2.05) is 85.6 Å². The van der Waals surface area contributed by atoms with Crippen LogP contribution in [0.5, 0.6) is 0 Å². The Balaban J connectivity index is 0.000000231. The van der Waals surface area contributed by atoms with E-state index >= 15 is 0 Å². The summed E-state index contributed by atoms with van der Waals surface area (Å²) in [5.41, 5.74) is 2.57. The Kier molecular flexibility index (Phi) is 9.71. The Morgan fingerprint density at radius 2 is 1.88 bits per heavy atom. The van der Waals surface area contributed by atoms with Gasteiger partial charge < -0.3 is 7.63 Å². The van der Waals surface area contributed by atoms with Gasteiger partial charge in [-0.15, -0.1) is 0 Å². The van der Waals surface area contributed by atoms with Gasteiger partial charge in [-0.3, -0.25) is 4.79 Å². The maximum Gasteiger partial charge on any atom is 0.252 e. The third-order valence-electron chi connectivity index (χ3n) is 5.57. The van der Waals surface area contributed by atoms with E-state index in [0.717, 1.165) is 22.4 Å². The number of hydrogen-bond acceptors (Lipinski definition) is 4. The lowest BCUT2D eigenvalue weighted by Crippen LogP contribution is -2.37. The minimum atomic E-state index is -2.56. The summed E-state index contributed by atoms with van der Waals surface area (Å²) in [6.45, 7) is 9.32. The molecule has 1 fully saturated rings. The number of halogens is 3. The molecule has 0 saturated heterocycles. The van der Waals surface area contributed by atoms with Crippen LogP contribution >= 0.6 is 23.0 Å². The van der Waals surface area contributed by atoms with Crippen molar-refractivity contribution in [2.24, 2.45) is 0 Å². The van der Waals surface area contributed by atoms with E-state index in [-0.39, 0.29) is 24.7 Å². The summed E-state index contributed by atoms with van der Waals surface area (Å²) in [5.74, 6) is -1.70. The van der Waals surface area contributed by atoms with Gasteiger partial charge in [0.2, 0.25) is 0 Å². The maximum atomic E-state index is 13.0. The average Bonchev–Trinajstić information content (AvgIpc) is 3.13. The third-order valence-corrected chi connectivity index (χ3v) is 6.54. The van der Waals surface area contributed by atoms with E-state index in [0.29, 0.717) is 12.0 Å². The summed E-state index contributed by atoms with van der Waals surface area (Å²) >= 11 is 1.85. The number of hydrogen-bond donors (Lipinski definition) is 0. The van der Waals surface area contributed by atoms with E-state index in [1.54, 1.807) is 25.1 Å². The summed E-state index contributed by atoms with van der Waals surface area (Å²) in [6, 6.07) is 16.8. The third kappa shape index (κ3) is 6.60. The molecule has 0 unspecified atom stereocenters. The molecule has 2 aromatic carbocycles. The largest absolute Gasteiger partial charge is 0.325 e. The fraction of sp³-hybridized carbons (Fsp3) is 0.423. The van der Waals surface area contributed by atoms with Crippen LogP contribution in [0.1, 0.15) is 70.0 Å². The number of Topliss-reactive ketones (excluding diaryl/α,β-unsaturated/α-hetero) is 1. The van der Waals surface area contributed by atoms with Crippen LogP contribution in [0.3, 0.4) is 0 Å². The summed E-state index contributed by atoms with van der Waals surface area (Å²) < 4.78 is 33.2. The Morgan fingerprint density at radius 1 is 1.26 bits per heavy atom. The van der Waals surface area contributed by atoms with Crippen LogP contribution in [0.4, 0.5) is 8.78 Å². The fourth-order valence-corrected chi connectivity index (χ4v) is 4.41. The second-order valence-electron chi connectivity index (χ2n) is 8.32. The van der Waals surface area contributed by atoms with Gasteiger partial charge in [-0.2, -0.15) is 5.26 Å². The quantitative estimate of drug-likeness (QED) is 0.294. The molecular weight excluding hydrogens is 551 g/mol. The van der Waals surface area contributed by atoms with E-state index in [9.17, 15) is 13.6 Å². The number of carbonyl (C=O) groups excluding carboxylic acids is 1. The molecule has 8 heteroatoms. The molecule has 34 heavy (non-hydrogen) atoms. The van der Waals surface area contributed by atoms with E-state index in [2.05, 4.69) is 11.1 Å². The number of aryl methyl sites for hydroxylation is 1. The van der Waals surface area contributed by atoms with E-state index in [4.69, 9.17) is 8.33 Å². The van der Waals surface area contributed by atoms with E-state index < -0.39 is 11.5 Å². The molecule has 0 spiro atoms. The lowest BCUT2D eigenvalue weighted by atomic mass is 9.87. The van der Waals surface area contributed by atoms with Gasteiger partial charge in [-0.25, -0.2) is 13.8 Å². The van der Waals surface area contributed by atoms with Crippen LogP contribution in [0, 0.1) is 18.3 Å². The Morgan fingerprint density at radius 3 is 2.38 bits per heavy atom. The molecule has 1 atom stereocenters. The first-order chi connectivity index (χ1) is 16.1. The van der Waals surface area contributed by atoms with Crippen molar-refractivity contribution in [2.45, 2.75) is 71.4 Å². The SMILES string of the molecule is CC.CC(=O)C[C@](C)(OI)c1ccccc1.Cc1nc2ccc(C#N)cc2n1C1CC(F)(F)C1. The number of imidazole rings is 1. The van der Waals surface area contributed by atoms with Gasteiger partial charge in [0.25, 0.3) is 5.92 Å². The topological polar surface area (TPSA) is 67.9 Å². The molecule has 1 aromatic heterocycles. The molecular formula is C26H30F2IN3O2. The number of fused-ring (bicyclic) bond motifs is 1. The second kappa shape index (κ2) is 11.8. The van der Waals surface area contributed by atoms with Gasteiger partial charge in [-0.1, -0.05) is 44.2 Å². The molecule has 3 aromatic rings. The van der Waals surface area contributed by atoms with Crippen LogP contribution in [0.25, 0.3) is 11.0 Å². The monoisotopic (exact) mass is 581 g/mol. The zero-order valence-electron chi connectivity index (χ0n) is 20.1. The number of benzene rings is 2. The van der Waals surface area contributed by atoms with Crippen molar-refractivity contribution in [3.63, 3.8) is 0 Å². The minimum Gasteiger partial charge on any atom is -0.325 e. The molecule has 1 aliphatic carbocycles. The van der Waals surface area contributed by atoms with Crippen molar-refractivity contribution in [2.75, 3.05) is 0 Å². The number of nitrogens with zero attached hydrogens (tertiary/aromatic N) is 3. The van der Waals surface area contributed by atoms with Gasteiger partial charge in [-0.05, 0) is 44.5 Å². The normalized spacial score (nSPS) is 16.1. The van der Waals surface area contributed by atoms with Crippen molar-refractivity contribution < 1.29 is 16.6 Å². The molecule has 0 radical (unpaired) electrons. The molecule has 5 nitrogen and oxygen atoms in total. The molecule has 1 heterocycles. The standard InChI is InChI=1S/C13H11F2N3.C11H13IO2.C2H6/c1-8-17-11-3-2-9(7-16)4-12(11)18(8)10-5-13(14,15)6-10;1-9(13)8-11(2,14-12)10-6-4-3-5-7-10;1-2/h2-4,10H,5-6H2,1H3;3-7H,8H2,1-2H3;1-2H3/t;11-;/m.0./s1. The molecule has 0 amide bonds. The fourth-order valence-electron chi connectivity index (χ4n) is 4.00. The zero-order valence-corrected chi connectivity index (χ0v) is 22.3. The van der Waals surface area contributed by atoms with E-state index in [1.165, 1.54) is 0 Å². The van der Waals surface area contributed by atoms with Crippen molar-refractivity contribution in [1.29, 1.82) is 5.26 Å². The van der Waals surface area contributed by atoms with Crippen LogP contribution in [0.2, 0.25) is 0 Å². The molecule has 0 aliphatic heterocycles. The number of carbonyl (C=O) groups is 1. The Hall–Kier alpha value is -2.38. The molecule has 0 N–H and O–H groups in total. The molecule has 4 rings (SSSR count). The minimum absolute atomic E-state index is 0.132. The van der Waals surface area contributed by atoms with Crippen molar-refractivity contribution in [3.05, 3.63) is 65.5 Å². The van der Waals surface area contributed by atoms with Crippen LogP contribution in [-0.4, -0.2) is 21.3 Å². The van der Waals surface area contributed by atoms with Gasteiger partial charge in [0.1, 0.15) is 40.2 Å². The smallest absolute Gasteiger partial charge is 0.252 e. The summed E-state index contributed by atoms with van der Waals surface area (Å²) in [6.07, 6.45) is 0.117. The van der Waals surface area contributed by atoms with Crippen molar-refractivity contribution >= 4 is 39.8 Å². The number of alkyl halides is 2. The molecule has 0 bridgehead atoms. The lowest BCUT2D eigenvalue weighted by molar-refractivity contribution is -0.120. The number of rotatable bonds is 5. The predicted octanol–water partition coefficient (Wildman–Crippen LogP) is 7.46. The average molecular weight is 581 g/mol. The Labute approximate surface area is 213 Å². The molecule has 182 valence electrons. The van der Waals surface area contributed by atoms with Crippen LogP contribution in [-0.2, 0) is 13.5 Å². The first-order valence-electron chi connectivity index (χ1n) is 11.2. The highest BCUT2D eigenvalue weighted by Gasteiger charge is 2.47. The van der Waals surface area contributed by atoms with Gasteiger partial charge in [0.15, 0.2) is 0 Å². The molecule has 1 aliphatic rings. The Bertz CT molecular complexity index is 1150. The van der Waals surface area contributed by atoms with Gasteiger partial charge in [0.05, 0.1) is 22.7 Å². The molecule has 1 saturated carbocycles. The van der Waals surface area contributed by atoms with Crippen LogP contribution in [0.15, 0.2) is 48.5 Å². The summed E-state index contributed by atoms with van der Waals surface area (Å²) in [4.78, 5) is 15.5. The van der Waals surface area contributed by atoms with Crippen molar-refractivity contribution in [1.82, 2.24) is 9.55 Å². The predicted molar refractivity (Wildman–Crippen MR) is 138 cm³/mol. The van der Waals surface area contributed by atoms with Crippen molar-refractivity contribution in [3.8, 4) is 6.07 Å². The number of ketones is 1. The highest BCUT2D eigenvalue weighted by Crippen LogP contribution is 2.47. The van der Waals surface area contributed by atoms with Gasteiger partial charge >= 0.3 is 0 Å². The lowest BCUT2D eigenvalue weighted by Gasteiger charge is -2.36. The second-order valence-corrected chi connectivity index (χ2v) is 8.76. The van der Waals surface area contributed by atoms with Gasteiger partial charge in [0, 0.05) is 25.3 Å². The number of aromatic nitrogens is 2. The highest BCUT2D eigenvalue weighted by atomic mass is 127. The summed E-state index contributed by atoms with van der Waals surface area (Å²) in [7, 11) is 0. The summed E-state index contributed by atoms with van der Waals surface area (Å²) in [5, 5.41) is 8.89. The zero-order chi connectivity index (χ0) is 25.5.